The highest BCUT2D eigenvalue weighted by molar-refractivity contribution is 5.17. The summed E-state index contributed by atoms with van der Waals surface area (Å²) in [5, 5.41) is 12.1. The Bertz CT molecular complexity index is 283. The van der Waals surface area contributed by atoms with Crippen LogP contribution in [0.15, 0.2) is 16.7 Å². The van der Waals surface area contributed by atoms with E-state index in [1.165, 1.54) is 12.0 Å². The second-order valence-electron chi connectivity index (χ2n) is 4.28. The van der Waals surface area contributed by atoms with Crippen LogP contribution in [-0.4, -0.2) is 18.3 Å². The summed E-state index contributed by atoms with van der Waals surface area (Å²) in [5.74, 6) is 1.04. The fraction of sp³-hybridized carbons (Fsp3) is 0.692. The molecule has 1 aromatic rings. The summed E-state index contributed by atoms with van der Waals surface area (Å²) in [5.41, 5.74) is 1.21. The molecule has 0 fully saturated rings. The third-order valence-corrected chi connectivity index (χ3v) is 2.83. The molecule has 0 saturated heterocycles. The number of aliphatic hydroxyl groups is 1. The van der Waals surface area contributed by atoms with Crippen LogP contribution in [0.1, 0.15) is 50.0 Å². The number of aliphatic hydroxyl groups excluding tert-OH is 1. The molecule has 0 radical (unpaired) electrons. The zero-order valence-electron chi connectivity index (χ0n) is 10.3. The van der Waals surface area contributed by atoms with Gasteiger partial charge in [-0.2, -0.15) is 0 Å². The smallest absolute Gasteiger partial charge is 0.123 e. The molecule has 16 heavy (non-hydrogen) atoms. The van der Waals surface area contributed by atoms with Gasteiger partial charge in [0.15, 0.2) is 0 Å². The van der Waals surface area contributed by atoms with Gasteiger partial charge in [-0.3, -0.25) is 0 Å². The summed E-state index contributed by atoms with van der Waals surface area (Å²) in [7, 11) is 0. The molecule has 0 spiro atoms. The van der Waals surface area contributed by atoms with Crippen molar-refractivity contribution in [3.05, 3.63) is 23.7 Å². The Labute approximate surface area is 97.9 Å². The first-order valence-electron chi connectivity index (χ1n) is 6.14. The molecule has 1 aromatic heterocycles. The predicted molar refractivity (Wildman–Crippen MR) is 65.4 cm³/mol. The van der Waals surface area contributed by atoms with Crippen molar-refractivity contribution < 1.29 is 9.52 Å². The molecule has 0 aliphatic carbocycles. The number of aryl methyl sites for hydroxylation is 1. The summed E-state index contributed by atoms with van der Waals surface area (Å²) >= 11 is 0. The Morgan fingerprint density at radius 2 is 2.06 bits per heavy atom. The maximum Gasteiger partial charge on any atom is 0.123 e. The number of rotatable bonds is 8. The molecule has 1 rings (SSSR count). The maximum atomic E-state index is 8.64. The predicted octanol–water partition coefficient (Wildman–Crippen LogP) is 2.79. The lowest BCUT2D eigenvalue weighted by Gasteiger charge is -2.12. The molecular weight excluding hydrogens is 202 g/mol. The zero-order valence-corrected chi connectivity index (χ0v) is 10.3. The molecule has 0 amide bonds. The molecule has 1 unspecified atom stereocenters. The topological polar surface area (TPSA) is 45.4 Å². The molecule has 0 saturated carbocycles. The highest BCUT2D eigenvalue weighted by atomic mass is 16.3. The summed E-state index contributed by atoms with van der Waals surface area (Å²) < 4.78 is 5.43. The molecule has 0 aliphatic heterocycles. The number of unbranched alkanes of at least 4 members (excludes halogenated alkanes) is 3. The molecule has 3 heteroatoms. The summed E-state index contributed by atoms with van der Waals surface area (Å²) in [6.07, 6.45) is 6.12. The number of hydrogen-bond acceptors (Lipinski definition) is 3. The Morgan fingerprint density at radius 1 is 1.31 bits per heavy atom. The third-order valence-electron chi connectivity index (χ3n) is 2.83. The second-order valence-corrected chi connectivity index (χ2v) is 4.28. The minimum atomic E-state index is 0.285. The van der Waals surface area contributed by atoms with E-state index >= 15 is 0 Å². The lowest BCUT2D eigenvalue weighted by atomic mass is 10.1. The van der Waals surface area contributed by atoms with Gasteiger partial charge in [0, 0.05) is 6.61 Å². The first kappa shape index (κ1) is 13.3. The number of furan rings is 1. The molecule has 0 bridgehead atoms. The maximum absolute atomic E-state index is 8.64. The van der Waals surface area contributed by atoms with E-state index in [0.29, 0.717) is 6.61 Å². The Balaban J connectivity index is 2.11. The Kier molecular flexibility index (Phi) is 6.19. The van der Waals surface area contributed by atoms with Crippen molar-refractivity contribution in [2.45, 2.75) is 45.6 Å². The minimum absolute atomic E-state index is 0.285. The monoisotopic (exact) mass is 225 g/mol. The normalized spacial score (nSPS) is 12.9. The fourth-order valence-corrected chi connectivity index (χ4v) is 1.83. The van der Waals surface area contributed by atoms with E-state index in [1.54, 1.807) is 6.26 Å². The second kappa shape index (κ2) is 7.47. The molecular formula is C13H23NO2. The van der Waals surface area contributed by atoms with Gasteiger partial charge in [-0.25, -0.2) is 0 Å². The van der Waals surface area contributed by atoms with Crippen LogP contribution in [0.3, 0.4) is 0 Å². The fourth-order valence-electron chi connectivity index (χ4n) is 1.83. The van der Waals surface area contributed by atoms with Crippen molar-refractivity contribution in [2.24, 2.45) is 0 Å². The van der Waals surface area contributed by atoms with Crippen LogP contribution < -0.4 is 5.32 Å². The average molecular weight is 225 g/mol. The number of hydrogen-bond donors (Lipinski definition) is 2. The molecule has 0 aliphatic rings. The summed E-state index contributed by atoms with van der Waals surface area (Å²) in [6.45, 7) is 5.51. The largest absolute Gasteiger partial charge is 0.467 e. The van der Waals surface area contributed by atoms with Crippen molar-refractivity contribution in [3.63, 3.8) is 0 Å². The van der Waals surface area contributed by atoms with Gasteiger partial charge < -0.3 is 14.8 Å². The van der Waals surface area contributed by atoms with Crippen LogP contribution in [0.4, 0.5) is 0 Å². The van der Waals surface area contributed by atoms with E-state index in [2.05, 4.69) is 19.2 Å². The standard InChI is InChI=1S/C13H23NO2/c1-11-7-10-16-13(11)12(2)14-8-5-3-4-6-9-15/h7,10,12,14-15H,3-6,8-9H2,1-2H3. The van der Waals surface area contributed by atoms with Crippen molar-refractivity contribution >= 4 is 0 Å². The van der Waals surface area contributed by atoms with Gasteiger partial charge in [-0.15, -0.1) is 0 Å². The van der Waals surface area contributed by atoms with Crippen LogP contribution in [0.5, 0.6) is 0 Å². The van der Waals surface area contributed by atoms with Gasteiger partial charge in [0.2, 0.25) is 0 Å². The molecule has 1 atom stereocenters. The van der Waals surface area contributed by atoms with Crippen LogP contribution in [-0.2, 0) is 0 Å². The highest BCUT2D eigenvalue weighted by Gasteiger charge is 2.10. The van der Waals surface area contributed by atoms with E-state index in [1.807, 2.05) is 6.07 Å². The van der Waals surface area contributed by atoms with E-state index in [4.69, 9.17) is 9.52 Å². The van der Waals surface area contributed by atoms with E-state index in [0.717, 1.165) is 31.6 Å². The van der Waals surface area contributed by atoms with E-state index in [9.17, 15) is 0 Å². The van der Waals surface area contributed by atoms with Gasteiger partial charge in [-0.1, -0.05) is 12.8 Å². The van der Waals surface area contributed by atoms with Crippen molar-refractivity contribution in [1.29, 1.82) is 0 Å². The van der Waals surface area contributed by atoms with Crippen LogP contribution in [0.2, 0.25) is 0 Å². The third kappa shape index (κ3) is 4.37. The van der Waals surface area contributed by atoms with Gasteiger partial charge in [-0.05, 0) is 44.9 Å². The molecule has 92 valence electrons. The lowest BCUT2D eigenvalue weighted by molar-refractivity contribution is 0.282. The van der Waals surface area contributed by atoms with Crippen molar-refractivity contribution in [3.8, 4) is 0 Å². The first-order chi connectivity index (χ1) is 7.75. The van der Waals surface area contributed by atoms with Gasteiger partial charge >= 0.3 is 0 Å². The van der Waals surface area contributed by atoms with Crippen molar-refractivity contribution in [1.82, 2.24) is 5.32 Å². The quantitative estimate of drug-likeness (QED) is 0.669. The van der Waals surface area contributed by atoms with E-state index in [-0.39, 0.29) is 6.04 Å². The van der Waals surface area contributed by atoms with Crippen LogP contribution in [0, 0.1) is 6.92 Å². The molecule has 1 heterocycles. The van der Waals surface area contributed by atoms with Gasteiger partial charge in [0.1, 0.15) is 5.76 Å². The minimum Gasteiger partial charge on any atom is -0.467 e. The lowest BCUT2D eigenvalue weighted by Crippen LogP contribution is -2.19. The Hall–Kier alpha value is -0.800. The Morgan fingerprint density at radius 3 is 2.69 bits per heavy atom. The summed E-state index contributed by atoms with van der Waals surface area (Å²) in [6, 6.07) is 2.28. The van der Waals surface area contributed by atoms with Crippen LogP contribution >= 0.6 is 0 Å². The van der Waals surface area contributed by atoms with E-state index < -0.39 is 0 Å². The highest BCUT2D eigenvalue weighted by Crippen LogP contribution is 2.17. The van der Waals surface area contributed by atoms with Crippen molar-refractivity contribution in [2.75, 3.05) is 13.2 Å². The number of nitrogens with one attached hydrogen (secondary N) is 1. The zero-order chi connectivity index (χ0) is 11.8. The average Bonchev–Trinajstić information content (AvgIpc) is 2.69. The van der Waals surface area contributed by atoms with Gasteiger partial charge in [0.05, 0.1) is 12.3 Å². The molecule has 2 N–H and O–H groups in total. The molecule has 0 aromatic carbocycles. The SMILES string of the molecule is Cc1ccoc1C(C)NCCCCCCO. The molecule has 3 nitrogen and oxygen atoms in total. The van der Waals surface area contributed by atoms with Crippen LogP contribution in [0.25, 0.3) is 0 Å². The first-order valence-corrected chi connectivity index (χ1v) is 6.14. The summed E-state index contributed by atoms with van der Waals surface area (Å²) in [4.78, 5) is 0. The van der Waals surface area contributed by atoms with Gasteiger partial charge in [0.25, 0.3) is 0 Å².